The van der Waals surface area contributed by atoms with Crippen LogP contribution >= 0.6 is 0 Å². The van der Waals surface area contributed by atoms with Crippen molar-refractivity contribution in [3.05, 3.63) is 48.0 Å². The summed E-state index contributed by atoms with van der Waals surface area (Å²) in [6, 6.07) is 12.5. The summed E-state index contributed by atoms with van der Waals surface area (Å²) in [4.78, 5) is 42.2. The Hall–Kier alpha value is -3.01. The van der Waals surface area contributed by atoms with E-state index in [1.54, 1.807) is 12.0 Å². The summed E-state index contributed by atoms with van der Waals surface area (Å²) in [6.45, 7) is 10.2. The highest BCUT2D eigenvalue weighted by atomic mass is 16.5. The molecular weight excluding hydrogens is 520 g/mol. The lowest BCUT2D eigenvalue weighted by Crippen LogP contribution is -2.55. The van der Waals surface area contributed by atoms with Gasteiger partial charge in [0.1, 0.15) is 12.1 Å². The fourth-order valence-electron chi connectivity index (χ4n) is 5.77. The number of hydrogen-bond acceptors (Lipinski definition) is 6. The molecule has 1 unspecified atom stereocenters. The van der Waals surface area contributed by atoms with Gasteiger partial charge in [0, 0.05) is 45.6 Å². The lowest BCUT2D eigenvalue weighted by molar-refractivity contribution is -0.144. The van der Waals surface area contributed by atoms with Crippen molar-refractivity contribution in [1.82, 2.24) is 20.9 Å². The smallest absolute Gasteiger partial charge is 0.243 e. The van der Waals surface area contributed by atoms with Gasteiger partial charge in [-0.25, -0.2) is 0 Å². The first-order chi connectivity index (χ1) is 19.6. The number of fused-ring (bicyclic) bond motifs is 1. The summed E-state index contributed by atoms with van der Waals surface area (Å²) < 4.78 is 5.00. The lowest BCUT2D eigenvalue weighted by Gasteiger charge is -2.32. The number of nitrogens with zero attached hydrogens (tertiary/aromatic N) is 1. The second-order valence-electron chi connectivity index (χ2n) is 11.7. The average molecular weight is 569 g/mol. The van der Waals surface area contributed by atoms with Gasteiger partial charge in [0.05, 0.1) is 12.7 Å². The number of aliphatic hydroxyl groups excluding tert-OH is 1. The molecule has 3 rings (SSSR count). The van der Waals surface area contributed by atoms with Crippen LogP contribution in [0, 0.1) is 17.8 Å². The predicted molar refractivity (Wildman–Crippen MR) is 161 cm³/mol. The fraction of sp³-hybridized carbons (Fsp3) is 0.594. The Labute approximate surface area is 244 Å². The Morgan fingerprint density at radius 1 is 1.02 bits per heavy atom. The van der Waals surface area contributed by atoms with E-state index in [1.807, 2.05) is 70.2 Å². The van der Waals surface area contributed by atoms with Gasteiger partial charge in [-0.15, -0.1) is 0 Å². The molecule has 1 saturated heterocycles. The van der Waals surface area contributed by atoms with Crippen molar-refractivity contribution in [1.29, 1.82) is 0 Å². The van der Waals surface area contributed by atoms with Gasteiger partial charge in [-0.2, -0.15) is 0 Å². The molecule has 41 heavy (non-hydrogen) atoms. The standard InChI is InChI=1S/C32H48N4O5/c1-21(2)29(22(3)4)32(40)36-15-8-11-28(36)31(39)35-27(30(38)34-20-26(37)19-33-14-16-41-5)18-23-12-13-24-9-6-7-10-25(24)17-23/h6-7,9-10,12-13,17,21-22,26-29,33,37H,8,11,14-16,18-20H2,1-5H3,(H,34,38)(H,35,39)/t26-,27+,28?/m0/s1. The SMILES string of the molecule is COCCNC[C@H](O)CNC(=O)[C@@H](Cc1ccc2ccccc2c1)NC(=O)C1CCCN1C(=O)C(C(C)C)C(C)C. The molecule has 226 valence electrons. The lowest BCUT2D eigenvalue weighted by atomic mass is 9.84. The van der Waals surface area contributed by atoms with Crippen molar-refractivity contribution < 1.29 is 24.2 Å². The van der Waals surface area contributed by atoms with Gasteiger partial charge in [0.15, 0.2) is 0 Å². The molecule has 1 aliphatic heterocycles. The number of amides is 3. The Kier molecular flexibility index (Phi) is 12.6. The molecule has 0 spiro atoms. The van der Waals surface area contributed by atoms with Crippen LogP contribution in [-0.2, 0) is 25.5 Å². The van der Waals surface area contributed by atoms with Gasteiger partial charge in [-0.3, -0.25) is 14.4 Å². The third-order valence-corrected chi connectivity index (χ3v) is 7.82. The van der Waals surface area contributed by atoms with Crippen molar-refractivity contribution in [2.24, 2.45) is 17.8 Å². The van der Waals surface area contributed by atoms with Crippen molar-refractivity contribution in [3.8, 4) is 0 Å². The van der Waals surface area contributed by atoms with Gasteiger partial charge >= 0.3 is 0 Å². The molecule has 2 aromatic rings. The van der Waals surface area contributed by atoms with E-state index in [2.05, 4.69) is 16.0 Å². The summed E-state index contributed by atoms with van der Waals surface area (Å²) >= 11 is 0. The van der Waals surface area contributed by atoms with Crippen LogP contribution < -0.4 is 16.0 Å². The highest BCUT2D eigenvalue weighted by Crippen LogP contribution is 2.28. The van der Waals surface area contributed by atoms with Gasteiger partial charge in [0.25, 0.3) is 0 Å². The zero-order valence-electron chi connectivity index (χ0n) is 25.2. The minimum absolute atomic E-state index is 0.00674. The number of nitrogens with one attached hydrogen (secondary N) is 3. The topological polar surface area (TPSA) is 120 Å². The normalized spacial score (nSPS) is 16.9. The van der Waals surface area contributed by atoms with Crippen LogP contribution in [0.1, 0.15) is 46.1 Å². The molecule has 0 bridgehead atoms. The molecule has 2 aromatic carbocycles. The molecule has 3 amide bonds. The molecule has 3 atom stereocenters. The minimum Gasteiger partial charge on any atom is -0.390 e. The first kappa shape index (κ1) is 32.5. The van der Waals surface area contributed by atoms with Crippen LogP contribution in [0.15, 0.2) is 42.5 Å². The number of carbonyl (C=O) groups excluding carboxylic acids is 3. The molecule has 1 aliphatic rings. The summed E-state index contributed by atoms with van der Waals surface area (Å²) in [6.07, 6.45) is 0.804. The van der Waals surface area contributed by atoms with Gasteiger partial charge in [-0.1, -0.05) is 70.2 Å². The van der Waals surface area contributed by atoms with Crippen LogP contribution in [-0.4, -0.2) is 85.8 Å². The first-order valence-electron chi connectivity index (χ1n) is 14.9. The molecule has 0 aliphatic carbocycles. The molecule has 9 heteroatoms. The van der Waals surface area contributed by atoms with Gasteiger partial charge in [0.2, 0.25) is 17.7 Å². The van der Waals surface area contributed by atoms with E-state index in [-0.39, 0.29) is 48.4 Å². The van der Waals surface area contributed by atoms with Crippen molar-refractivity contribution in [2.45, 2.75) is 65.1 Å². The van der Waals surface area contributed by atoms with E-state index in [1.165, 1.54) is 0 Å². The molecule has 1 fully saturated rings. The maximum atomic E-state index is 13.6. The van der Waals surface area contributed by atoms with E-state index in [0.29, 0.717) is 32.7 Å². The molecule has 4 N–H and O–H groups in total. The first-order valence-corrected chi connectivity index (χ1v) is 14.9. The zero-order valence-corrected chi connectivity index (χ0v) is 25.2. The highest BCUT2D eigenvalue weighted by molar-refractivity contribution is 5.93. The molecule has 0 saturated carbocycles. The molecule has 9 nitrogen and oxygen atoms in total. The highest BCUT2D eigenvalue weighted by Gasteiger charge is 2.40. The Balaban J connectivity index is 1.74. The van der Waals surface area contributed by atoms with Crippen LogP contribution in [0.5, 0.6) is 0 Å². The number of methoxy groups -OCH3 is 1. The largest absolute Gasteiger partial charge is 0.390 e. The summed E-state index contributed by atoms with van der Waals surface area (Å²) in [5, 5.41) is 21.3. The molecule has 0 aromatic heterocycles. The Bertz CT molecular complexity index is 1150. The van der Waals surface area contributed by atoms with Crippen LogP contribution in [0.2, 0.25) is 0 Å². The Morgan fingerprint density at radius 3 is 2.41 bits per heavy atom. The maximum absolute atomic E-state index is 13.6. The number of benzene rings is 2. The maximum Gasteiger partial charge on any atom is 0.243 e. The second kappa shape index (κ2) is 15.8. The van der Waals surface area contributed by atoms with E-state index in [4.69, 9.17) is 4.74 Å². The fourth-order valence-corrected chi connectivity index (χ4v) is 5.77. The summed E-state index contributed by atoms with van der Waals surface area (Å²) in [5.74, 6) is -0.529. The summed E-state index contributed by atoms with van der Waals surface area (Å²) in [7, 11) is 1.61. The van der Waals surface area contributed by atoms with Crippen LogP contribution in [0.4, 0.5) is 0 Å². The van der Waals surface area contributed by atoms with Crippen LogP contribution in [0.25, 0.3) is 10.8 Å². The molecule has 0 radical (unpaired) electrons. The molecule has 1 heterocycles. The zero-order chi connectivity index (χ0) is 29.9. The number of aliphatic hydroxyl groups is 1. The molecular formula is C32H48N4O5. The predicted octanol–water partition coefficient (Wildman–Crippen LogP) is 2.50. The average Bonchev–Trinajstić information content (AvgIpc) is 3.43. The van der Waals surface area contributed by atoms with Crippen molar-refractivity contribution in [2.75, 3.05) is 39.9 Å². The minimum atomic E-state index is -0.860. The van der Waals surface area contributed by atoms with E-state index in [0.717, 1.165) is 22.8 Å². The van der Waals surface area contributed by atoms with Gasteiger partial charge < -0.3 is 30.7 Å². The number of hydrogen-bond donors (Lipinski definition) is 4. The third-order valence-electron chi connectivity index (χ3n) is 7.82. The van der Waals surface area contributed by atoms with E-state index in [9.17, 15) is 19.5 Å². The van der Waals surface area contributed by atoms with Crippen molar-refractivity contribution >= 4 is 28.5 Å². The Morgan fingerprint density at radius 2 is 1.73 bits per heavy atom. The quantitative estimate of drug-likeness (QED) is 0.245. The van der Waals surface area contributed by atoms with Gasteiger partial charge in [-0.05, 0) is 41.0 Å². The third kappa shape index (κ3) is 9.24. The van der Waals surface area contributed by atoms with E-state index < -0.39 is 18.2 Å². The number of likely N-dealkylation sites (tertiary alicyclic amines) is 1. The number of rotatable bonds is 15. The monoisotopic (exact) mass is 568 g/mol. The second-order valence-corrected chi connectivity index (χ2v) is 11.7. The summed E-state index contributed by atoms with van der Waals surface area (Å²) in [5.41, 5.74) is 0.907. The number of carbonyl (C=O) groups is 3. The number of ether oxygens (including phenoxy) is 1. The van der Waals surface area contributed by atoms with Crippen LogP contribution in [0.3, 0.4) is 0 Å². The van der Waals surface area contributed by atoms with Crippen molar-refractivity contribution in [3.63, 3.8) is 0 Å². The van der Waals surface area contributed by atoms with E-state index >= 15 is 0 Å².